The molecule has 7 nitrogen and oxygen atoms in total. The van der Waals surface area contributed by atoms with Crippen molar-refractivity contribution in [2.75, 3.05) is 30.0 Å². The number of rotatable bonds is 6. The molecule has 0 radical (unpaired) electrons. The summed E-state index contributed by atoms with van der Waals surface area (Å²) in [6, 6.07) is 9.67. The van der Waals surface area contributed by atoms with Crippen molar-refractivity contribution in [3.05, 3.63) is 53.1 Å². The van der Waals surface area contributed by atoms with Gasteiger partial charge in [0.05, 0.1) is 23.4 Å². The number of benzene rings is 2. The lowest BCUT2D eigenvalue weighted by Crippen LogP contribution is -2.40. The molecule has 3 rings (SSSR count). The third-order valence-electron chi connectivity index (χ3n) is 4.27. The number of para-hydroxylation sites is 2. The van der Waals surface area contributed by atoms with Gasteiger partial charge in [0.1, 0.15) is 5.75 Å². The Bertz CT molecular complexity index is 1010. The number of carbonyl (C=O) groups is 3. The van der Waals surface area contributed by atoms with Crippen LogP contribution in [0.15, 0.2) is 42.5 Å². The Morgan fingerprint density at radius 1 is 1.19 bits per heavy atom. The number of carbonyl (C=O) groups excluding carboxylic acids is 3. The average molecular weight is 457 g/mol. The highest BCUT2D eigenvalue weighted by atomic mass is 35.5. The van der Waals surface area contributed by atoms with Crippen molar-refractivity contribution in [3.8, 4) is 5.75 Å². The number of nitrogens with zero attached hydrogens (tertiary/aromatic N) is 1. The molecule has 0 unspecified atom stereocenters. The first-order valence-corrected chi connectivity index (χ1v) is 9.37. The molecule has 2 aromatic carbocycles. The zero-order chi connectivity index (χ0) is 22.6. The minimum atomic E-state index is -4.73. The summed E-state index contributed by atoms with van der Waals surface area (Å²) in [5.74, 6) is -1.59. The van der Waals surface area contributed by atoms with Gasteiger partial charge in [-0.3, -0.25) is 14.4 Å². The third-order valence-corrected chi connectivity index (χ3v) is 4.51. The van der Waals surface area contributed by atoms with Crippen molar-refractivity contribution >= 4 is 40.8 Å². The van der Waals surface area contributed by atoms with E-state index in [0.29, 0.717) is 17.5 Å². The first-order valence-electron chi connectivity index (χ1n) is 8.99. The van der Waals surface area contributed by atoms with Gasteiger partial charge in [0.15, 0.2) is 13.2 Å². The molecule has 0 saturated carbocycles. The summed E-state index contributed by atoms with van der Waals surface area (Å²) in [5, 5.41) is 1.91. The lowest BCUT2D eigenvalue weighted by atomic mass is 10.1. The third kappa shape index (κ3) is 5.66. The molecule has 0 spiro atoms. The van der Waals surface area contributed by atoms with Crippen molar-refractivity contribution in [3.63, 3.8) is 0 Å². The van der Waals surface area contributed by atoms with E-state index >= 15 is 0 Å². The molecular formula is C20H16ClF3N2O5. The zero-order valence-corrected chi connectivity index (χ0v) is 16.6. The molecule has 1 aliphatic rings. The quantitative estimate of drug-likeness (QED) is 0.671. The molecule has 0 saturated heterocycles. The fraction of sp³-hybridized carbons (Fsp3) is 0.250. The largest absolute Gasteiger partial charge is 0.482 e. The summed E-state index contributed by atoms with van der Waals surface area (Å²) in [4.78, 5) is 37.3. The van der Waals surface area contributed by atoms with E-state index < -0.39 is 35.9 Å². The summed E-state index contributed by atoms with van der Waals surface area (Å²) in [5.41, 5.74) is -1.12. The van der Waals surface area contributed by atoms with Crippen LogP contribution in [0.3, 0.4) is 0 Å². The van der Waals surface area contributed by atoms with E-state index in [1.165, 1.54) is 11.0 Å². The van der Waals surface area contributed by atoms with Crippen LogP contribution in [0.25, 0.3) is 0 Å². The molecule has 11 heteroatoms. The molecular weight excluding hydrogens is 441 g/mol. The van der Waals surface area contributed by atoms with Gasteiger partial charge in [0, 0.05) is 11.6 Å². The van der Waals surface area contributed by atoms with Crippen LogP contribution >= 0.6 is 11.6 Å². The Kier molecular flexibility index (Phi) is 6.69. The van der Waals surface area contributed by atoms with Gasteiger partial charge >= 0.3 is 12.1 Å². The molecule has 31 heavy (non-hydrogen) atoms. The molecule has 0 atom stereocenters. The van der Waals surface area contributed by atoms with Gasteiger partial charge in [0.25, 0.3) is 11.8 Å². The van der Waals surface area contributed by atoms with Crippen molar-refractivity contribution in [2.45, 2.75) is 12.6 Å². The van der Waals surface area contributed by atoms with Crippen LogP contribution < -0.4 is 15.0 Å². The van der Waals surface area contributed by atoms with Crippen LogP contribution in [0, 0.1) is 0 Å². The molecule has 2 amide bonds. The highest BCUT2D eigenvalue weighted by molar-refractivity contribution is 6.30. The van der Waals surface area contributed by atoms with Crippen LogP contribution in [-0.2, 0) is 25.3 Å². The molecule has 0 aliphatic carbocycles. The highest BCUT2D eigenvalue weighted by Crippen LogP contribution is 2.36. The normalized spacial score (nSPS) is 13.3. The lowest BCUT2D eigenvalue weighted by Gasteiger charge is -2.28. The number of amides is 2. The number of fused-ring (bicyclic) bond motifs is 1. The molecule has 0 aromatic heterocycles. The van der Waals surface area contributed by atoms with Gasteiger partial charge in [-0.15, -0.1) is 0 Å². The summed E-state index contributed by atoms with van der Waals surface area (Å²) < 4.78 is 49.3. The van der Waals surface area contributed by atoms with Gasteiger partial charge in [-0.2, -0.15) is 13.2 Å². The maximum Gasteiger partial charge on any atom is 0.418 e. The highest BCUT2D eigenvalue weighted by Gasteiger charge is 2.34. The van der Waals surface area contributed by atoms with Crippen molar-refractivity contribution < 1.29 is 37.0 Å². The topological polar surface area (TPSA) is 84.9 Å². The predicted molar refractivity (Wildman–Crippen MR) is 105 cm³/mol. The number of esters is 1. The second-order valence-corrected chi connectivity index (χ2v) is 6.88. The molecule has 0 bridgehead atoms. The second kappa shape index (κ2) is 9.25. The number of halogens is 4. The summed E-state index contributed by atoms with van der Waals surface area (Å²) >= 11 is 5.58. The van der Waals surface area contributed by atoms with Gasteiger partial charge in [-0.05, 0) is 30.3 Å². The summed E-state index contributed by atoms with van der Waals surface area (Å²) in [7, 11) is 0. The Hall–Kier alpha value is -3.27. The van der Waals surface area contributed by atoms with Crippen LogP contribution in [-0.4, -0.2) is 37.5 Å². The summed E-state index contributed by atoms with van der Waals surface area (Å²) in [6.07, 6.45) is -4.95. The van der Waals surface area contributed by atoms with E-state index in [9.17, 15) is 27.6 Å². The Labute approximate surface area is 179 Å². The van der Waals surface area contributed by atoms with Crippen LogP contribution in [0.5, 0.6) is 5.75 Å². The van der Waals surface area contributed by atoms with Crippen molar-refractivity contribution in [1.29, 1.82) is 0 Å². The Balaban J connectivity index is 1.53. The van der Waals surface area contributed by atoms with Crippen LogP contribution in [0.1, 0.15) is 12.0 Å². The minimum Gasteiger partial charge on any atom is -0.482 e. The van der Waals surface area contributed by atoms with Gasteiger partial charge in [0.2, 0.25) is 0 Å². The van der Waals surface area contributed by atoms with Gasteiger partial charge in [-0.1, -0.05) is 23.7 Å². The van der Waals surface area contributed by atoms with E-state index in [1.54, 1.807) is 24.3 Å². The van der Waals surface area contributed by atoms with Crippen LogP contribution in [0.2, 0.25) is 5.02 Å². The predicted octanol–water partition coefficient (Wildman–Crippen LogP) is 3.66. The van der Waals surface area contributed by atoms with Crippen molar-refractivity contribution in [2.24, 2.45) is 0 Å². The maximum absolute atomic E-state index is 13.1. The number of hydrogen-bond acceptors (Lipinski definition) is 5. The Morgan fingerprint density at radius 3 is 2.68 bits per heavy atom. The van der Waals surface area contributed by atoms with E-state index in [4.69, 9.17) is 21.1 Å². The SMILES string of the molecule is O=C(COC(=O)CCN1C(=O)COc2ccccc21)Nc1ccc(Cl)cc1C(F)(F)F. The zero-order valence-electron chi connectivity index (χ0n) is 15.9. The average Bonchev–Trinajstić information content (AvgIpc) is 2.72. The van der Waals surface area contributed by atoms with Gasteiger partial charge < -0.3 is 19.7 Å². The van der Waals surface area contributed by atoms with E-state index in [2.05, 4.69) is 0 Å². The van der Waals surface area contributed by atoms with E-state index in [1.807, 2.05) is 5.32 Å². The first-order chi connectivity index (χ1) is 14.6. The standard InChI is InChI=1S/C20H16ClF3N2O5/c21-12-5-6-14(13(9-12)20(22,23)24)25-17(27)10-31-19(29)7-8-26-15-3-1-2-4-16(15)30-11-18(26)28/h1-6,9H,7-8,10-11H2,(H,25,27). The maximum atomic E-state index is 13.1. The van der Waals surface area contributed by atoms with Gasteiger partial charge in [-0.25, -0.2) is 0 Å². The molecule has 0 fully saturated rings. The monoisotopic (exact) mass is 456 g/mol. The molecule has 1 heterocycles. The summed E-state index contributed by atoms with van der Waals surface area (Å²) in [6.45, 7) is -0.960. The second-order valence-electron chi connectivity index (χ2n) is 6.45. The Morgan fingerprint density at radius 2 is 1.94 bits per heavy atom. The van der Waals surface area contributed by atoms with Crippen LogP contribution in [0.4, 0.5) is 24.5 Å². The number of hydrogen-bond donors (Lipinski definition) is 1. The van der Waals surface area contributed by atoms with E-state index in [0.717, 1.165) is 6.07 Å². The first kappa shape index (κ1) is 22.4. The number of ether oxygens (including phenoxy) is 2. The lowest BCUT2D eigenvalue weighted by molar-refractivity contribution is -0.147. The fourth-order valence-corrected chi connectivity index (χ4v) is 3.04. The number of nitrogens with one attached hydrogen (secondary N) is 1. The minimum absolute atomic E-state index is 0.00490. The smallest absolute Gasteiger partial charge is 0.418 e. The number of alkyl halides is 3. The molecule has 1 aliphatic heterocycles. The molecule has 164 valence electrons. The fourth-order valence-electron chi connectivity index (χ4n) is 2.87. The van der Waals surface area contributed by atoms with Crippen molar-refractivity contribution in [1.82, 2.24) is 0 Å². The molecule has 1 N–H and O–H groups in total. The number of anilines is 2. The van der Waals surface area contributed by atoms with E-state index in [-0.39, 0.29) is 30.5 Å². The molecule has 2 aromatic rings.